The van der Waals surface area contributed by atoms with Crippen molar-refractivity contribution in [2.75, 3.05) is 30.3 Å². The molecule has 0 unspecified atom stereocenters. The molecule has 1 heterocycles. The molecular weight excluding hydrogens is 565 g/mol. The van der Waals surface area contributed by atoms with Gasteiger partial charge in [0.1, 0.15) is 19.3 Å². The molecule has 1 aliphatic rings. The van der Waals surface area contributed by atoms with Gasteiger partial charge in [-0.1, -0.05) is 36.2 Å². The molecule has 0 saturated carbocycles. The van der Waals surface area contributed by atoms with Crippen molar-refractivity contribution in [3.8, 4) is 11.5 Å². The SMILES string of the molecule is CC[C@H](C)NC(=O)[C@H](C)N(Cc1ccc(Cl)cc1Cl)C(=O)CCCN(c1ccc2c(c1)OCCO2)S(C)(=O)=O. The zero-order valence-electron chi connectivity index (χ0n) is 22.6. The molecule has 2 aromatic rings. The highest BCUT2D eigenvalue weighted by atomic mass is 35.5. The third-order valence-corrected chi connectivity index (χ3v) is 8.27. The van der Waals surface area contributed by atoms with E-state index in [-0.39, 0.29) is 43.8 Å². The number of anilines is 1. The molecule has 2 atom stereocenters. The van der Waals surface area contributed by atoms with Gasteiger partial charge in [0, 0.05) is 41.7 Å². The van der Waals surface area contributed by atoms with Crippen molar-refractivity contribution in [2.24, 2.45) is 0 Å². The van der Waals surface area contributed by atoms with Crippen LogP contribution in [0, 0.1) is 0 Å². The number of fused-ring (bicyclic) bond motifs is 1. The number of nitrogens with zero attached hydrogens (tertiary/aromatic N) is 2. The molecule has 0 fully saturated rings. The molecular formula is C27H35Cl2N3O6S. The molecule has 12 heteroatoms. The highest BCUT2D eigenvalue weighted by Gasteiger charge is 2.28. The Labute approximate surface area is 240 Å². The Morgan fingerprint density at radius 1 is 1.05 bits per heavy atom. The lowest BCUT2D eigenvalue weighted by atomic mass is 10.1. The van der Waals surface area contributed by atoms with E-state index in [4.69, 9.17) is 32.7 Å². The molecule has 0 bridgehead atoms. The molecule has 0 aliphatic carbocycles. The smallest absolute Gasteiger partial charge is 0.242 e. The minimum Gasteiger partial charge on any atom is -0.486 e. The van der Waals surface area contributed by atoms with Crippen molar-refractivity contribution in [1.82, 2.24) is 10.2 Å². The van der Waals surface area contributed by atoms with Crippen LogP contribution in [-0.2, 0) is 26.2 Å². The van der Waals surface area contributed by atoms with Crippen molar-refractivity contribution < 1.29 is 27.5 Å². The summed E-state index contributed by atoms with van der Waals surface area (Å²) in [5.41, 5.74) is 1.06. The van der Waals surface area contributed by atoms with Gasteiger partial charge in [0.05, 0.1) is 11.9 Å². The van der Waals surface area contributed by atoms with Crippen LogP contribution in [0.15, 0.2) is 36.4 Å². The van der Waals surface area contributed by atoms with E-state index in [0.717, 1.165) is 12.7 Å². The van der Waals surface area contributed by atoms with Crippen LogP contribution in [0.3, 0.4) is 0 Å². The van der Waals surface area contributed by atoms with Gasteiger partial charge in [0.15, 0.2) is 11.5 Å². The first kappa shape index (κ1) is 30.8. The Morgan fingerprint density at radius 2 is 1.74 bits per heavy atom. The third kappa shape index (κ3) is 8.40. The average molecular weight is 601 g/mol. The van der Waals surface area contributed by atoms with Crippen LogP contribution in [0.1, 0.15) is 45.6 Å². The summed E-state index contributed by atoms with van der Waals surface area (Å²) in [4.78, 5) is 27.9. The quantitative estimate of drug-likeness (QED) is 0.381. The number of benzene rings is 2. The molecule has 1 N–H and O–H groups in total. The van der Waals surface area contributed by atoms with Crippen molar-refractivity contribution in [1.29, 1.82) is 0 Å². The van der Waals surface area contributed by atoms with Crippen LogP contribution in [0.5, 0.6) is 11.5 Å². The Balaban J connectivity index is 1.76. The van der Waals surface area contributed by atoms with Crippen molar-refractivity contribution in [2.45, 2.75) is 58.7 Å². The summed E-state index contributed by atoms with van der Waals surface area (Å²) in [6, 6.07) is 9.09. The van der Waals surface area contributed by atoms with Crippen molar-refractivity contribution in [3.63, 3.8) is 0 Å². The molecule has 3 rings (SSSR count). The maximum atomic E-state index is 13.5. The van der Waals surface area contributed by atoms with Gasteiger partial charge in [-0.05, 0) is 56.5 Å². The summed E-state index contributed by atoms with van der Waals surface area (Å²) in [6.07, 6.45) is 2.10. The molecule has 9 nitrogen and oxygen atoms in total. The number of sulfonamides is 1. The second-order valence-electron chi connectivity index (χ2n) is 9.52. The number of hydrogen-bond donors (Lipinski definition) is 1. The standard InChI is InChI=1S/C27H35Cl2N3O6S/c1-5-18(2)30-27(34)19(3)31(17-20-8-9-21(28)15-23(20)29)26(33)7-6-12-32(39(4,35)36)22-10-11-24-25(16-22)38-14-13-37-24/h8-11,15-16,18-19H,5-7,12-14,17H2,1-4H3,(H,30,34)/t18-,19-/m0/s1. The number of amides is 2. The highest BCUT2D eigenvalue weighted by molar-refractivity contribution is 7.92. The molecule has 2 amide bonds. The number of carbonyl (C=O) groups excluding carboxylic acids is 2. The van der Waals surface area contributed by atoms with Crippen molar-refractivity contribution >= 4 is 50.7 Å². The lowest BCUT2D eigenvalue weighted by Crippen LogP contribution is -2.49. The summed E-state index contributed by atoms with van der Waals surface area (Å²) in [5, 5.41) is 3.77. The van der Waals surface area contributed by atoms with E-state index >= 15 is 0 Å². The Kier molecular flexibility index (Phi) is 10.7. The summed E-state index contributed by atoms with van der Waals surface area (Å²) in [7, 11) is -3.65. The largest absolute Gasteiger partial charge is 0.486 e. The summed E-state index contributed by atoms with van der Waals surface area (Å²) >= 11 is 12.4. The zero-order chi connectivity index (χ0) is 28.7. The lowest BCUT2D eigenvalue weighted by Gasteiger charge is -2.30. The van der Waals surface area contributed by atoms with E-state index in [2.05, 4.69) is 5.32 Å². The van der Waals surface area contributed by atoms with E-state index in [9.17, 15) is 18.0 Å². The number of carbonyl (C=O) groups is 2. The fourth-order valence-corrected chi connectivity index (χ4v) is 5.50. The molecule has 1 aliphatic heterocycles. The van der Waals surface area contributed by atoms with E-state index in [1.165, 1.54) is 9.21 Å². The zero-order valence-corrected chi connectivity index (χ0v) is 24.9. The maximum absolute atomic E-state index is 13.5. The Hall–Kier alpha value is -2.69. The number of ether oxygens (including phenoxy) is 2. The van der Waals surface area contributed by atoms with Gasteiger partial charge in [-0.25, -0.2) is 8.42 Å². The van der Waals surface area contributed by atoms with Crippen LogP contribution in [-0.4, -0.2) is 63.2 Å². The molecule has 0 radical (unpaired) electrons. The van der Waals surface area contributed by atoms with E-state index < -0.39 is 16.1 Å². The molecule has 39 heavy (non-hydrogen) atoms. The topological polar surface area (TPSA) is 105 Å². The molecule has 0 saturated heterocycles. The predicted octanol–water partition coefficient (Wildman–Crippen LogP) is 4.64. The molecule has 2 aromatic carbocycles. The number of nitrogens with one attached hydrogen (secondary N) is 1. The second-order valence-corrected chi connectivity index (χ2v) is 12.3. The van der Waals surface area contributed by atoms with E-state index in [1.54, 1.807) is 43.3 Å². The molecule has 214 valence electrons. The molecule has 0 spiro atoms. The minimum atomic E-state index is -3.65. The second kappa shape index (κ2) is 13.6. The Morgan fingerprint density at radius 3 is 2.38 bits per heavy atom. The van der Waals surface area contributed by atoms with Gasteiger partial charge in [-0.15, -0.1) is 0 Å². The highest BCUT2D eigenvalue weighted by Crippen LogP contribution is 2.35. The lowest BCUT2D eigenvalue weighted by molar-refractivity contribution is -0.140. The Bertz CT molecular complexity index is 1290. The molecule has 0 aromatic heterocycles. The summed E-state index contributed by atoms with van der Waals surface area (Å²) in [6.45, 7) is 6.48. The van der Waals surface area contributed by atoms with Gasteiger partial charge >= 0.3 is 0 Å². The van der Waals surface area contributed by atoms with Gasteiger partial charge in [-0.2, -0.15) is 0 Å². The van der Waals surface area contributed by atoms with Gasteiger partial charge in [0.2, 0.25) is 21.8 Å². The first-order chi connectivity index (χ1) is 18.4. The summed E-state index contributed by atoms with van der Waals surface area (Å²) in [5.74, 6) is 0.436. The number of rotatable bonds is 12. The minimum absolute atomic E-state index is 0.0166. The fraction of sp³-hybridized carbons (Fsp3) is 0.481. The fourth-order valence-electron chi connectivity index (χ4n) is 4.07. The van der Waals surface area contributed by atoms with Crippen molar-refractivity contribution in [3.05, 3.63) is 52.0 Å². The normalized spacial score (nSPS) is 14.3. The third-order valence-electron chi connectivity index (χ3n) is 6.49. The number of halogens is 2. The van der Waals surface area contributed by atoms with Gasteiger partial charge < -0.3 is 19.7 Å². The monoisotopic (exact) mass is 599 g/mol. The van der Waals surface area contributed by atoms with Crippen LogP contribution in [0.25, 0.3) is 0 Å². The van der Waals surface area contributed by atoms with Gasteiger partial charge in [0.25, 0.3) is 0 Å². The summed E-state index contributed by atoms with van der Waals surface area (Å²) < 4.78 is 37.6. The van der Waals surface area contributed by atoms with Gasteiger partial charge in [-0.3, -0.25) is 13.9 Å². The van der Waals surface area contributed by atoms with Crippen LogP contribution >= 0.6 is 23.2 Å². The van der Waals surface area contributed by atoms with Crippen LogP contribution in [0.2, 0.25) is 10.0 Å². The van der Waals surface area contributed by atoms with Crippen LogP contribution < -0.4 is 19.1 Å². The average Bonchev–Trinajstić information content (AvgIpc) is 2.89. The van der Waals surface area contributed by atoms with E-state index in [0.29, 0.717) is 46.0 Å². The van der Waals surface area contributed by atoms with Crippen LogP contribution in [0.4, 0.5) is 5.69 Å². The first-order valence-electron chi connectivity index (χ1n) is 12.8. The predicted molar refractivity (Wildman–Crippen MR) is 153 cm³/mol. The first-order valence-corrected chi connectivity index (χ1v) is 15.4. The number of hydrogen-bond acceptors (Lipinski definition) is 6. The van der Waals surface area contributed by atoms with E-state index in [1.807, 2.05) is 13.8 Å². The maximum Gasteiger partial charge on any atom is 0.242 e.